The molecule has 0 fully saturated rings. The minimum atomic E-state index is -0.582. The van der Waals surface area contributed by atoms with Gasteiger partial charge >= 0.3 is 5.69 Å². The van der Waals surface area contributed by atoms with Gasteiger partial charge < -0.3 is 4.74 Å². The molecule has 23 heavy (non-hydrogen) atoms. The SMILES string of the molecule is O=C(COc1ccc(Cl)cc1[N+](=O)[O-])c1ccc2c(c1)CCC2. The highest BCUT2D eigenvalue weighted by molar-refractivity contribution is 6.30. The van der Waals surface area contributed by atoms with E-state index in [1.165, 1.54) is 29.3 Å². The molecule has 5 nitrogen and oxygen atoms in total. The molecule has 0 N–H and O–H groups in total. The Balaban J connectivity index is 1.73. The monoisotopic (exact) mass is 331 g/mol. The van der Waals surface area contributed by atoms with Crippen LogP contribution in [0.2, 0.25) is 5.02 Å². The molecule has 0 radical (unpaired) electrons. The number of aryl methyl sites for hydroxylation is 2. The Morgan fingerprint density at radius 2 is 1.96 bits per heavy atom. The van der Waals surface area contributed by atoms with Gasteiger partial charge in [-0.05, 0) is 48.6 Å². The van der Waals surface area contributed by atoms with Gasteiger partial charge in [-0.1, -0.05) is 23.7 Å². The second-order valence-electron chi connectivity index (χ2n) is 5.42. The van der Waals surface area contributed by atoms with Gasteiger partial charge in [-0.25, -0.2) is 0 Å². The third-order valence-corrected chi connectivity index (χ3v) is 4.13. The molecule has 0 atom stereocenters. The maximum atomic E-state index is 12.2. The zero-order valence-corrected chi connectivity index (χ0v) is 13.0. The van der Waals surface area contributed by atoms with Crippen molar-refractivity contribution in [2.24, 2.45) is 0 Å². The molecule has 118 valence electrons. The summed E-state index contributed by atoms with van der Waals surface area (Å²) in [7, 11) is 0. The molecule has 0 bridgehead atoms. The van der Waals surface area contributed by atoms with Gasteiger partial charge in [-0.15, -0.1) is 0 Å². The number of ether oxygens (including phenoxy) is 1. The predicted octanol–water partition coefficient (Wildman–Crippen LogP) is 4.00. The molecule has 0 saturated carbocycles. The van der Waals surface area contributed by atoms with E-state index in [0.717, 1.165) is 19.3 Å². The topological polar surface area (TPSA) is 69.4 Å². The van der Waals surface area contributed by atoms with Gasteiger partial charge in [0.05, 0.1) is 4.92 Å². The third-order valence-electron chi connectivity index (χ3n) is 3.90. The second kappa shape index (κ2) is 6.38. The molecule has 0 aliphatic heterocycles. The first-order valence-corrected chi connectivity index (χ1v) is 7.64. The van der Waals surface area contributed by atoms with Gasteiger partial charge in [0.1, 0.15) is 0 Å². The van der Waals surface area contributed by atoms with E-state index < -0.39 is 4.92 Å². The molecule has 2 aromatic carbocycles. The first-order valence-electron chi connectivity index (χ1n) is 7.26. The molecule has 6 heteroatoms. The standard InChI is InChI=1S/C17H14ClNO4/c18-14-6-7-17(15(9-14)19(21)22)23-10-16(20)13-5-4-11-2-1-3-12(11)8-13/h4-9H,1-3,10H2. The van der Waals surface area contributed by atoms with Crippen molar-refractivity contribution in [3.05, 3.63) is 68.2 Å². The van der Waals surface area contributed by atoms with E-state index in [1.807, 2.05) is 12.1 Å². The Morgan fingerprint density at radius 1 is 1.17 bits per heavy atom. The lowest BCUT2D eigenvalue weighted by Gasteiger charge is -2.08. The van der Waals surface area contributed by atoms with Gasteiger partial charge in [0.15, 0.2) is 18.1 Å². The number of nitrogens with zero attached hydrogens (tertiary/aromatic N) is 1. The lowest BCUT2D eigenvalue weighted by Crippen LogP contribution is -2.12. The average molecular weight is 332 g/mol. The maximum absolute atomic E-state index is 12.2. The number of hydrogen-bond acceptors (Lipinski definition) is 4. The molecule has 2 aromatic rings. The van der Waals surface area contributed by atoms with Crippen LogP contribution in [0.1, 0.15) is 27.9 Å². The van der Waals surface area contributed by atoms with Crippen molar-refractivity contribution in [2.75, 3.05) is 6.61 Å². The van der Waals surface area contributed by atoms with Crippen LogP contribution in [-0.4, -0.2) is 17.3 Å². The van der Waals surface area contributed by atoms with Crippen LogP contribution in [0.4, 0.5) is 5.69 Å². The van der Waals surface area contributed by atoms with Crippen LogP contribution >= 0.6 is 11.6 Å². The van der Waals surface area contributed by atoms with Gasteiger partial charge in [0.25, 0.3) is 0 Å². The summed E-state index contributed by atoms with van der Waals surface area (Å²) in [5.41, 5.74) is 2.81. The van der Waals surface area contributed by atoms with Crippen molar-refractivity contribution < 1.29 is 14.5 Å². The second-order valence-corrected chi connectivity index (χ2v) is 5.85. The van der Waals surface area contributed by atoms with Gasteiger partial charge in [-0.2, -0.15) is 0 Å². The number of nitro benzene ring substituents is 1. The molecule has 0 heterocycles. The van der Waals surface area contributed by atoms with Crippen molar-refractivity contribution in [1.29, 1.82) is 0 Å². The first kappa shape index (κ1) is 15.5. The number of ketones is 1. The highest BCUT2D eigenvalue weighted by Gasteiger charge is 2.18. The fourth-order valence-corrected chi connectivity index (χ4v) is 2.89. The molecule has 1 aliphatic rings. The quantitative estimate of drug-likeness (QED) is 0.471. The van der Waals surface area contributed by atoms with Crippen LogP contribution in [0.5, 0.6) is 5.75 Å². The number of Topliss-reactive ketones (excluding diaryl/α,β-unsaturated/α-hetero) is 1. The molecular formula is C17H14ClNO4. The Morgan fingerprint density at radius 3 is 2.74 bits per heavy atom. The molecular weight excluding hydrogens is 318 g/mol. The molecule has 0 aromatic heterocycles. The Hall–Kier alpha value is -2.40. The van der Waals surface area contributed by atoms with Crippen LogP contribution in [0.3, 0.4) is 0 Å². The molecule has 0 spiro atoms. The smallest absolute Gasteiger partial charge is 0.312 e. The fraction of sp³-hybridized carbons (Fsp3) is 0.235. The number of rotatable bonds is 5. The van der Waals surface area contributed by atoms with E-state index in [4.69, 9.17) is 16.3 Å². The van der Waals surface area contributed by atoms with Crippen molar-refractivity contribution in [2.45, 2.75) is 19.3 Å². The summed E-state index contributed by atoms with van der Waals surface area (Å²) in [6.45, 7) is -0.249. The highest BCUT2D eigenvalue weighted by atomic mass is 35.5. The summed E-state index contributed by atoms with van der Waals surface area (Å²) in [5, 5.41) is 11.2. The number of hydrogen-bond donors (Lipinski definition) is 0. The molecule has 3 rings (SSSR count). The summed E-state index contributed by atoms with van der Waals surface area (Å²) in [6.07, 6.45) is 3.15. The van der Waals surface area contributed by atoms with Crippen LogP contribution < -0.4 is 4.74 Å². The number of halogens is 1. The van der Waals surface area contributed by atoms with Crippen molar-refractivity contribution >= 4 is 23.1 Å². The average Bonchev–Trinajstić information content (AvgIpc) is 3.00. The minimum Gasteiger partial charge on any atom is -0.478 e. The number of carbonyl (C=O) groups excluding carboxylic acids is 1. The van der Waals surface area contributed by atoms with Crippen molar-refractivity contribution in [3.63, 3.8) is 0 Å². The molecule has 0 saturated heterocycles. The van der Waals surface area contributed by atoms with E-state index in [9.17, 15) is 14.9 Å². The Bertz CT molecular complexity index is 788. The van der Waals surface area contributed by atoms with E-state index in [-0.39, 0.29) is 28.8 Å². The fourth-order valence-electron chi connectivity index (χ4n) is 2.73. The molecule has 1 aliphatic carbocycles. The van der Waals surface area contributed by atoms with Crippen LogP contribution in [0.25, 0.3) is 0 Å². The molecule has 0 amide bonds. The third kappa shape index (κ3) is 3.35. The number of carbonyl (C=O) groups is 1. The van der Waals surface area contributed by atoms with E-state index in [2.05, 4.69) is 0 Å². The van der Waals surface area contributed by atoms with Crippen molar-refractivity contribution in [3.8, 4) is 5.75 Å². The summed E-state index contributed by atoms with van der Waals surface area (Å²) in [4.78, 5) is 22.7. The lowest BCUT2D eigenvalue weighted by molar-refractivity contribution is -0.385. The lowest BCUT2D eigenvalue weighted by atomic mass is 10.0. The predicted molar refractivity (Wildman–Crippen MR) is 86.4 cm³/mol. The summed E-state index contributed by atoms with van der Waals surface area (Å²) in [5.74, 6) is -0.169. The minimum absolute atomic E-state index is 0.0360. The summed E-state index contributed by atoms with van der Waals surface area (Å²) in [6, 6.07) is 9.74. The van der Waals surface area contributed by atoms with E-state index in [1.54, 1.807) is 6.07 Å². The normalized spacial score (nSPS) is 12.7. The first-order chi connectivity index (χ1) is 11.0. The zero-order valence-electron chi connectivity index (χ0n) is 12.3. The highest BCUT2D eigenvalue weighted by Crippen LogP contribution is 2.30. The Labute approximate surface area is 138 Å². The van der Waals surface area contributed by atoms with E-state index in [0.29, 0.717) is 5.56 Å². The summed E-state index contributed by atoms with van der Waals surface area (Å²) >= 11 is 5.75. The van der Waals surface area contributed by atoms with Crippen molar-refractivity contribution in [1.82, 2.24) is 0 Å². The maximum Gasteiger partial charge on any atom is 0.312 e. The number of benzene rings is 2. The van der Waals surface area contributed by atoms with Crippen LogP contribution in [-0.2, 0) is 12.8 Å². The number of fused-ring (bicyclic) bond motifs is 1. The van der Waals surface area contributed by atoms with Gasteiger partial charge in [-0.3, -0.25) is 14.9 Å². The van der Waals surface area contributed by atoms with E-state index >= 15 is 0 Å². The summed E-state index contributed by atoms with van der Waals surface area (Å²) < 4.78 is 5.34. The van der Waals surface area contributed by atoms with Crippen LogP contribution in [0.15, 0.2) is 36.4 Å². The zero-order chi connectivity index (χ0) is 16.4. The number of nitro groups is 1. The van der Waals surface area contributed by atoms with Gasteiger partial charge in [0, 0.05) is 16.7 Å². The largest absolute Gasteiger partial charge is 0.478 e. The molecule has 0 unspecified atom stereocenters. The van der Waals surface area contributed by atoms with Gasteiger partial charge in [0.2, 0.25) is 0 Å². The van der Waals surface area contributed by atoms with Crippen LogP contribution in [0, 0.1) is 10.1 Å². The Kier molecular flexibility index (Phi) is 4.30.